The van der Waals surface area contributed by atoms with Crippen LogP contribution < -0.4 is 9.46 Å². The summed E-state index contributed by atoms with van der Waals surface area (Å²) in [6.07, 6.45) is 0.382. The van der Waals surface area contributed by atoms with E-state index < -0.39 is 16.0 Å². The molecule has 6 nitrogen and oxygen atoms in total. The van der Waals surface area contributed by atoms with Gasteiger partial charge in [-0.05, 0) is 60.4 Å². The Morgan fingerprint density at radius 1 is 1.03 bits per heavy atom. The molecule has 0 atom stereocenters. The van der Waals surface area contributed by atoms with E-state index in [0.29, 0.717) is 28.3 Å². The Hall–Kier alpha value is -3.03. The summed E-state index contributed by atoms with van der Waals surface area (Å²) in [4.78, 5) is 12.3. The molecule has 31 heavy (non-hydrogen) atoms. The fourth-order valence-electron chi connectivity index (χ4n) is 3.19. The Morgan fingerprint density at radius 3 is 2.39 bits per heavy atom. The van der Waals surface area contributed by atoms with Crippen LogP contribution in [0.1, 0.15) is 27.0 Å². The molecule has 1 N–H and O–H groups in total. The third kappa shape index (κ3) is 5.00. The van der Waals surface area contributed by atoms with Gasteiger partial charge in [0.2, 0.25) is 0 Å². The molecule has 3 rings (SSSR count). The first kappa shape index (κ1) is 22.7. The van der Waals surface area contributed by atoms with Gasteiger partial charge in [-0.25, -0.2) is 13.2 Å². The number of esters is 1. The van der Waals surface area contributed by atoms with Crippen molar-refractivity contribution in [1.29, 1.82) is 0 Å². The zero-order valence-electron chi connectivity index (χ0n) is 17.3. The highest BCUT2D eigenvalue weighted by Gasteiger charge is 2.24. The van der Waals surface area contributed by atoms with Gasteiger partial charge in [0.05, 0.1) is 30.4 Å². The van der Waals surface area contributed by atoms with Gasteiger partial charge in [0.1, 0.15) is 5.75 Å². The number of methoxy groups -OCH3 is 2. The monoisotopic (exact) mass is 459 g/mol. The van der Waals surface area contributed by atoms with E-state index in [1.165, 1.54) is 32.4 Å². The van der Waals surface area contributed by atoms with Crippen LogP contribution in [-0.2, 0) is 21.2 Å². The van der Waals surface area contributed by atoms with E-state index in [-0.39, 0.29) is 16.1 Å². The fourth-order valence-corrected chi connectivity index (χ4v) is 4.71. The quantitative estimate of drug-likeness (QED) is 0.511. The Labute approximate surface area is 186 Å². The number of benzene rings is 3. The first-order valence-corrected chi connectivity index (χ1v) is 11.2. The lowest BCUT2D eigenvalue weighted by Gasteiger charge is -2.17. The van der Waals surface area contributed by atoms with Gasteiger partial charge in [-0.15, -0.1) is 0 Å². The minimum atomic E-state index is -4.06. The third-order valence-corrected chi connectivity index (χ3v) is 6.69. The lowest BCUT2D eigenvalue weighted by atomic mass is 10.0. The molecule has 3 aromatic rings. The maximum absolute atomic E-state index is 13.4. The van der Waals surface area contributed by atoms with Gasteiger partial charge in [-0.2, -0.15) is 0 Å². The van der Waals surface area contributed by atoms with Crippen LogP contribution in [0.4, 0.5) is 5.69 Å². The van der Waals surface area contributed by atoms with Crippen molar-refractivity contribution in [2.75, 3.05) is 18.9 Å². The van der Waals surface area contributed by atoms with Crippen molar-refractivity contribution in [1.82, 2.24) is 0 Å². The molecule has 0 saturated heterocycles. The van der Waals surface area contributed by atoms with Gasteiger partial charge >= 0.3 is 5.97 Å². The highest BCUT2D eigenvalue weighted by molar-refractivity contribution is 7.92. The molecule has 3 aromatic carbocycles. The van der Waals surface area contributed by atoms with E-state index in [1.807, 2.05) is 30.3 Å². The van der Waals surface area contributed by atoms with E-state index in [2.05, 4.69) is 4.72 Å². The van der Waals surface area contributed by atoms with Crippen molar-refractivity contribution in [2.24, 2.45) is 0 Å². The van der Waals surface area contributed by atoms with Crippen LogP contribution in [0.5, 0.6) is 5.75 Å². The summed E-state index contributed by atoms with van der Waals surface area (Å²) in [7, 11) is -1.32. The first-order valence-electron chi connectivity index (χ1n) is 9.38. The number of nitrogens with one attached hydrogen (secondary N) is 1. The molecule has 0 amide bonds. The Kier molecular flexibility index (Phi) is 6.87. The molecule has 0 aliphatic rings. The molecular formula is C23H22ClNO5S. The van der Waals surface area contributed by atoms with Gasteiger partial charge in [-0.3, -0.25) is 4.72 Å². The second-order valence-corrected chi connectivity index (χ2v) is 8.89. The van der Waals surface area contributed by atoms with E-state index >= 15 is 0 Å². The molecule has 162 valence electrons. The maximum atomic E-state index is 13.4. The van der Waals surface area contributed by atoms with Crippen LogP contribution in [0.15, 0.2) is 65.6 Å². The maximum Gasteiger partial charge on any atom is 0.340 e. The summed E-state index contributed by atoms with van der Waals surface area (Å²) in [5.41, 5.74) is 2.08. The molecule has 0 spiro atoms. The van der Waals surface area contributed by atoms with Gasteiger partial charge in [0, 0.05) is 5.02 Å². The molecule has 0 heterocycles. The molecule has 0 aromatic heterocycles. The molecular weight excluding hydrogens is 438 g/mol. The average molecular weight is 460 g/mol. The van der Waals surface area contributed by atoms with E-state index in [0.717, 1.165) is 5.56 Å². The van der Waals surface area contributed by atoms with Crippen molar-refractivity contribution in [2.45, 2.75) is 18.2 Å². The fraction of sp³-hybridized carbons (Fsp3) is 0.174. The van der Waals surface area contributed by atoms with E-state index in [1.54, 1.807) is 19.1 Å². The van der Waals surface area contributed by atoms with Crippen molar-refractivity contribution < 1.29 is 22.7 Å². The second kappa shape index (κ2) is 9.41. The summed E-state index contributed by atoms with van der Waals surface area (Å²) >= 11 is 6.18. The second-order valence-electron chi connectivity index (χ2n) is 6.83. The van der Waals surface area contributed by atoms with Crippen molar-refractivity contribution in [3.63, 3.8) is 0 Å². The summed E-state index contributed by atoms with van der Waals surface area (Å²) in [6, 6.07) is 17.2. The van der Waals surface area contributed by atoms with Crippen LogP contribution in [0.3, 0.4) is 0 Å². The van der Waals surface area contributed by atoms with E-state index in [4.69, 9.17) is 21.1 Å². The van der Waals surface area contributed by atoms with Gasteiger partial charge in [0.25, 0.3) is 10.0 Å². The minimum Gasteiger partial charge on any atom is -0.497 e. The van der Waals surface area contributed by atoms with Crippen molar-refractivity contribution in [3.05, 3.63) is 87.9 Å². The summed E-state index contributed by atoms with van der Waals surface area (Å²) in [5, 5.41) is 0.324. The molecule has 0 radical (unpaired) electrons. The number of carbonyl (C=O) groups excluding carboxylic acids is 1. The largest absolute Gasteiger partial charge is 0.497 e. The molecule has 0 saturated carbocycles. The Balaban J connectivity index is 2.09. The van der Waals surface area contributed by atoms with Gasteiger partial charge in [-0.1, -0.05) is 41.9 Å². The van der Waals surface area contributed by atoms with Gasteiger partial charge < -0.3 is 9.47 Å². The Morgan fingerprint density at radius 2 is 1.74 bits per heavy atom. The number of sulfonamides is 1. The minimum absolute atomic E-state index is 0.0751. The SMILES string of the molecule is COC(=O)c1ccc(Cl)c(C)c1NS(=O)(=O)c1ccc(OC)cc1Cc1ccccc1. The lowest BCUT2D eigenvalue weighted by Crippen LogP contribution is -2.19. The van der Waals surface area contributed by atoms with Crippen LogP contribution in [0.25, 0.3) is 0 Å². The summed E-state index contributed by atoms with van der Waals surface area (Å²) in [5.74, 6) is -0.129. The molecule has 0 bridgehead atoms. The van der Waals surface area contributed by atoms with Crippen LogP contribution in [0, 0.1) is 6.92 Å². The third-order valence-electron chi connectivity index (χ3n) is 4.84. The van der Waals surface area contributed by atoms with Gasteiger partial charge in [0.15, 0.2) is 0 Å². The van der Waals surface area contributed by atoms with Crippen LogP contribution >= 0.6 is 11.6 Å². The normalized spacial score (nSPS) is 11.1. The molecule has 0 unspecified atom stereocenters. The standard InChI is InChI=1S/C23H22ClNO5S/c1-15-20(24)11-10-19(23(26)30-3)22(15)25-31(27,28)21-12-9-18(29-2)14-17(21)13-16-7-5-4-6-8-16/h4-12,14,25H,13H2,1-3H3. The predicted octanol–water partition coefficient (Wildman–Crippen LogP) is 4.84. The van der Waals surface area contributed by atoms with Crippen LogP contribution in [-0.4, -0.2) is 28.6 Å². The first-order chi connectivity index (χ1) is 14.8. The molecule has 0 fully saturated rings. The lowest BCUT2D eigenvalue weighted by molar-refractivity contribution is 0.0602. The number of anilines is 1. The topological polar surface area (TPSA) is 81.7 Å². The molecule has 0 aliphatic carbocycles. The number of rotatable bonds is 7. The summed E-state index contributed by atoms with van der Waals surface area (Å²) < 4.78 is 39.4. The van der Waals surface area contributed by atoms with E-state index in [9.17, 15) is 13.2 Å². The molecule has 8 heteroatoms. The number of hydrogen-bond donors (Lipinski definition) is 1. The number of halogens is 1. The average Bonchev–Trinajstić information content (AvgIpc) is 2.77. The molecule has 0 aliphatic heterocycles. The number of ether oxygens (including phenoxy) is 2. The zero-order valence-corrected chi connectivity index (χ0v) is 18.9. The van der Waals surface area contributed by atoms with Crippen molar-refractivity contribution >= 4 is 33.3 Å². The number of carbonyl (C=O) groups is 1. The Bertz CT molecular complexity index is 1210. The summed E-state index contributed by atoms with van der Waals surface area (Å²) in [6.45, 7) is 1.63. The van der Waals surface area contributed by atoms with Crippen molar-refractivity contribution in [3.8, 4) is 5.75 Å². The highest BCUT2D eigenvalue weighted by atomic mass is 35.5. The highest BCUT2D eigenvalue weighted by Crippen LogP contribution is 2.32. The predicted molar refractivity (Wildman–Crippen MR) is 121 cm³/mol. The smallest absolute Gasteiger partial charge is 0.340 e. The van der Waals surface area contributed by atoms with Crippen LogP contribution in [0.2, 0.25) is 5.02 Å². The zero-order chi connectivity index (χ0) is 22.6. The number of hydrogen-bond acceptors (Lipinski definition) is 5.